The summed E-state index contributed by atoms with van der Waals surface area (Å²) in [5.74, 6) is 0.967. The Balaban J connectivity index is 2.13. The predicted molar refractivity (Wildman–Crippen MR) is 77.9 cm³/mol. The Morgan fingerprint density at radius 2 is 1.90 bits per heavy atom. The van der Waals surface area contributed by atoms with Crippen LogP contribution in [0.25, 0.3) is 0 Å². The molecule has 0 saturated carbocycles. The van der Waals surface area contributed by atoms with Crippen molar-refractivity contribution in [3.63, 3.8) is 0 Å². The first-order valence-electron chi connectivity index (χ1n) is 7.25. The van der Waals surface area contributed by atoms with Crippen molar-refractivity contribution in [3.8, 4) is 0 Å². The maximum atomic E-state index is 12.4. The van der Waals surface area contributed by atoms with Crippen LogP contribution in [0.1, 0.15) is 31.7 Å². The highest BCUT2D eigenvalue weighted by molar-refractivity contribution is 5.76. The van der Waals surface area contributed by atoms with E-state index in [1.54, 1.807) is 13.8 Å². The van der Waals surface area contributed by atoms with Crippen molar-refractivity contribution < 1.29 is 9.72 Å². The number of nitro groups is 1. The van der Waals surface area contributed by atoms with Gasteiger partial charge in [0.25, 0.3) is 0 Å². The molecule has 1 aliphatic rings. The fourth-order valence-corrected chi connectivity index (χ4v) is 3.20. The van der Waals surface area contributed by atoms with Gasteiger partial charge in [-0.2, -0.15) is 5.10 Å². The van der Waals surface area contributed by atoms with Gasteiger partial charge in [0.2, 0.25) is 5.91 Å². The summed E-state index contributed by atoms with van der Waals surface area (Å²) in [4.78, 5) is 24.8. The van der Waals surface area contributed by atoms with E-state index in [0.29, 0.717) is 23.2 Å². The molecule has 1 amide bonds. The first kappa shape index (κ1) is 15.5. The van der Waals surface area contributed by atoms with Gasteiger partial charge in [-0.25, -0.2) is 0 Å². The molecule has 0 radical (unpaired) electrons. The third-order valence-corrected chi connectivity index (χ3v) is 4.03. The molecule has 2 atom stereocenters. The molecule has 0 N–H and O–H groups in total. The van der Waals surface area contributed by atoms with Crippen LogP contribution in [0.5, 0.6) is 0 Å². The topological polar surface area (TPSA) is 81.3 Å². The van der Waals surface area contributed by atoms with Gasteiger partial charge >= 0.3 is 5.69 Å². The number of hydrogen-bond acceptors (Lipinski definition) is 4. The van der Waals surface area contributed by atoms with Gasteiger partial charge in [-0.05, 0) is 32.1 Å². The highest BCUT2D eigenvalue weighted by Gasteiger charge is 2.28. The van der Waals surface area contributed by atoms with Gasteiger partial charge in [-0.3, -0.25) is 19.6 Å². The largest absolute Gasteiger partial charge is 0.341 e. The zero-order valence-electron chi connectivity index (χ0n) is 13.0. The highest BCUT2D eigenvalue weighted by atomic mass is 16.6. The molecular formula is C14H22N4O3. The lowest BCUT2D eigenvalue weighted by atomic mass is 9.92. The maximum Gasteiger partial charge on any atom is 0.312 e. The number of likely N-dealkylation sites (tertiary alicyclic amines) is 1. The fourth-order valence-electron chi connectivity index (χ4n) is 3.20. The van der Waals surface area contributed by atoms with E-state index in [-0.39, 0.29) is 18.1 Å². The Kier molecular flexibility index (Phi) is 4.29. The number of carbonyl (C=O) groups is 1. The summed E-state index contributed by atoms with van der Waals surface area (Å²) in [5, 5.41) is 15.1. The first-order valence-corrected chi connectivity index (χ1v) is 7.25. The lowest BCUT2D eigenvalue weighted by molar-refractivity contribution is -0.386. The van der Waals surface area contributed by atoms with E-state index in [4.69, 9.17) is 0 Å². The third kappa shape index (κ3) is 3.22. The van der Waals surface area contributed by atoms with Crippen LogP contribution < -0.4 is 0 Å². The normalized spacial score (nSPS) is 22.4. The molecule has 1 aromatic rings. The molecule has 116 valence electrons. The number of rotatable bonds is 3. The Hall–Kier alpha value is -1.92. The maximum absolute atomic E-state index is 12.4. The van der Waals surface area contributed by atoms with Gasteiger partial charge in [0.1, 0.15) is 17.9 Å². The number of piperidine rings is 1. The average molecular weight is 294 g/mol. The Bertz CT molecular complexity index is 557. The molecular weight excluding hydrogens is 272 g/mol. The summed E-state index contributed by atoms with van der Waals surface area (Å²) in [6, 6.07) is 0. The zero-order valence-corrected chi connectivity index (χ0v) is 13.0. The van der Waals surface area contributed by atoms with Gasteiger partial charge in [0.05, 0.1) is 4.92 Å². The van der Waals surface area contributed by atoms with Crippen molar-refractivity contribution in [2.75, 3.05) is 13.1 Å². The van der Waals surface area contributed by atoms with Crippen molar-refractivity contribution in [2.24, 2.45) is 11.8 Å². The van der Waals surface area contributed by atoms with Crippen molar-refractivity contribution in [1.29, 1.82) is 0 Å². The molecule has 0 bridgehead atoms. The summed E-state index contributed by atoms with van der Waals surface area (Å²) >= 11 is 0. The second-order valence-corrected chi connectivity index (χ2v) is 6.18. The Morgan fingerprint density at radius 3 is 2.38 bits per heavy atom. The van der Waals surface area contributed by atoms with E-state index < -0.39 is 4.92 Å². The van der Waals surface area contributed by atoms with Gasteiger partial charge < -0.3 is 4.90 Å². The lowest BCUT2D eigenvalue weighted by Crippen LogP contribution is -2.44. The molecule has 2 rings (SSSR count). The molecule has 0 aromatic carbocycles. The van der Waals surface area contributed by atoms with Gasteiger partial charge in [-0.15, -0.1) is 0 Å². The zero-order chi connectivity index (χ0) is 15.7. The minimum absolute atomic E-state index is 0.00294. The molecule has 1 fully saturated rings. The fraction of sp³-hybridized carbons (Fsp3) is 0.714. The van der Waals surface area contributed by atoms with Crippen molar-refractivity contribution >= 4 is 11.6 Å². The SMILES string of the molecule is Cc1nn(CC(=O)N2C[C@H](C)C[C@@H](C)C2)c(C)c1[N+](=O)[O-]. The number of amides is 1. The van der Waals surface area contributed by atoms with Crippen LogP contribution in [-0.2, 0) is 11.3 Å². The van der Waals surface area contributed by atoms with E-state index in [0.717, 1.165) is 19.5 Å². The van der Waals surface area contributed by atoms with Crippen LogP contribution in [0.4, 0.5) is 5.69 Å². The van der Waals surface area contributed by atoms with Gasteiger partial charge in [0.15, 0.2) is 0 Å². The molecule has 7 heteroatoms. The smallest absolute Gasteiger partial charge is 0.312 e. The number of carbonyl (C=O) groups excluding carboxylic acids is 1. The molecule has 21 heavy (non-hydrogen) atoms. The minimum atomic E-state index is -0.441. The molecule has 1 aromatic heterocycles. The lowest BCUT2D eigenvalue weighted by Gasteiger charge is -2.35. The molecule has 2 heterocycles. The molecule has 7 nitrogen and oxygen atoms in total. The third-order valence-electron chi connectivity index (χ3n) is 4.03. The van der Waals surface area contributed by atoms with E-state index in [1.165, 1.54) is 4.68 Å². The average Bonchev–Trinajstić information content (AvgIpc) is 2.63. The summed E-state index contributed by atoms with van der Waals surface area (Å²) in [6.45, 7) is 9.09. The number of aromatic nitrogens is 2. The molecule has 0 unspecified atom stereocenters. The monoisotopic (exact) mass is 294 g/mol. The number of aryl methyl sites for hydroxylation is 1. The van der Waals surface area contributed by atoms with Crippen LogP contribution in [0, 0.1) is 35.8 Å². The molecule has 1 aliphatic heterocycles. The van der Waals surface area contributed by atoms with E-state index in [1.807, 2.05) is 4.90 Å². The van der Waals surface area contributed by atoms with Crippen LogP contribution in [0.3, 0.4) is 0 Å². The Morgan fingerprint density at radius 1 is 1.33 bits per heavy atom. The number of nitrogens with zero attached hydrogens (tertiary/aromatic N) is 4. The molecule has 1 saturated heterocycles. The van der Waals surface area contributed by atoms with Crippen LogP contribution in [-0.4, -0.2) is 38.6 Å². The van der Waals surface area contributed by atoms with Crippen LogP contribution in [0.2, 0.25) is 0 Å². The van der Waals surface area contributed by atoms with E-state index in [9.17, 15) is 14.9 Å². The Labute approximate surface area is 124 Å². The van der Waals surface area contributed by atoms with Crippen molar-refractivity contribution in [2.45, 2.75) is 40.7 Å². The molecule has 0 aliphatic carbocycles. The van der Waals surface area contributed by atoms with Gasteiger partial charge in [-0.1, -0.05) is 13.8 Å². The van der Waals surface area contributed by atoms with E-state index >= 15 is 0 Å². The summed E-state index contributed by atoms with van der Waals surface area (Å²) in [5.41, 5.74) is 0.790. The quantitative estimate of drug-likeness (QED) is 0.630. The van der Waals surface area contributed by atoms with Crippen LogP contribution >= 0.6 is 0 Å². The van der Waals surface area contributed by atoms with Crippen LogP contribution in [0.15, 0.2) is 0 Å². The summed E-state index contributed by atoms with van der Waals surface area (Å²) < 4.78 is 1.44. The second-order valence-electron chi connectivity index (χ2n) is 6.18. The summed E-state index contributed by atoms with van der Waals surface area (Å²) in [6.07, 6.45) is 1.13. The second kappa shape index (κ2) is 5.83. The van der Waals surface area contributed by atoms with Crippen molar-refractivity contribution in [3.05, 3.63) is 21.5 Å². The standard InChI is InChI=1S/C14H22N4O3/c1-9-5-10(2)7-16(6-9)13(19)8-17-12(4)14(18(20)21)11(3)15-17/h9-10H,5-8H2,1-4H3/t9-,10-/m1/s1. The van der Waals surface area contributed by atoms with E-state index in [2.05, 4.69) is 18.9 Å². The predicted octanol–water partition coefficient (Wildman–Crippen LogP) is 1.91. The summed E-state index contributed by atoms with van der Waals surface area (Å²) in [7, 11) is 0. The van der Waals surface area contributed by atoms with Crippen molar-refractivity contribution in [1.82, 2.24) is 14.7 Å². The molecule has 0 spiro atoms. The minimum Gasteiger partial charge on any atom is -0.341 e. The van der Waals surface area contributed by atoms with Gasteiger partial charge in [0, 0.05) is 13.1 Å². The highest BCUT2D eigenvalue weighted by Crippen LogP contribution is 2.23. The number of hydrogen-bond donors (Lipinski definition) is 0. The first-order chi connectivity index (χ1) is 9.79.